The molecule has 2 aromatic rings. The summed E-state index contributed by atoms with van der Waals surface area (Å²) < 4.78 is 6.87. The summed E-state index contributed by atoms with van der Waals surface area (Å²) in [5.41, 5.74) is 2.28. The molecule has 0 amide bonds. The SMILES string of the molecule is Cc1ccc(Br)c(-c2cnc(CCNC3CC3)o2)c1. The predicted octanol–water partition coefficient (Wildman–Crippen LogP) is 3.71. The molecule has 19 heavy (non-hydrogen) atoms. The standard InChI is InChI=1S/C15H17BrN2O/c1-10-2-5-13(16)12(8-10)14-9-18-15(19-14)6-7-17-11-3-4-11/h2,5,8-9,11,17H,3-4,6-7H2,1H3. The van der Waals surface area contributed by atoms with Gasteiger partial charge in [0, 0.05) is 29.0 Å². The number of nitrogens with one attached hydrogen (secondary N) is 1. The molecular formula is C15H17BrN2O. The van der Waals surface area contributed by atoms with E-state index in [4.69, 9.17) is 4.42 Å². The van der Waals surface area contributed by atoms with Gasteiger partial charge in [-0.25, -0.2) is 4.98 Å². The molecule has 0 bridgehead atoms. The van der Waals surface area contributed by atoms with Crippen molar-refractivity contribution in [2.24, 2.45) is 0 Å². The fourth-order valence-electron chi connectivity index (χ4n) is 2.05. The summed E-state index contributed by atoms with van der Waals surface area (Å²) in [7, 11) is 0. The zero-order chi connectivity index (χ0) is 13.2. The lowest BCUT2D eigenvalue weighted by Gasteiger charge is -2.02. The van der Waals surface area contributed by atoms with Gasteiger partial charge in [-0.05, 0) is 31.9 Å². The normalized spacial score (nSPS) is 14.8. The molecule has 0 radical (unpaired) electrons. The van der Waals surface area contributed by atoms with E-state index in [-0.39, 0.29) is 0 Å². The van der Waals surface area contributed by atoms with Gasteiger partial charge in [0.15, 0.2) is 11.7 Å². The summed E-state index contributed by atoms with van der Waals surface area (Å²) in [4.78, 5) is 4.35. The summed E-state index contributed by atoms with van der Waals surface area (Å²) in [5.74, 6) is 1.63. The number of aromatic nitrogens is 1. The molecule has 1 aromatic carbocycles. The number of oxazole rings is 1. The smallest absolute Gasteiger partial charge is 0.196 e. The highest BCUT2D eigenvalue weighted by Crippen LogP contribution is 2.29. The first-order valence-electron chi connectivity index (χ1n) is 6.67. The van der Waals surface area contributed by atoms with Gasteiger partial charge in [-0.1, -0.05) is 27.6 Å². The van der Waals surface area contributed by atoms with Crippen LogP contribution < -0.4 is 5.32 Å². The molecule has 1 aliphatic carbocycles. The molecule has 1 aliphatic rings. The minimum Gasteiger partial charge on any atom is -0.441 e. The highest BCUT2D eigenvalue weighted by molar-refractivity contribution is 9.10. The fraction of sp³-hybridized carbons (Fsp3) is 0.400. The van der Waals surface area contributed by atoms with Gasteiger partial charge in [0.05, 0.1) is 6.20 Å². The minimum atomic E-state index is 0.736. The molecule has 1 fully saturated rings. The molecule has 100 valence electrons. The van der Waals surface area contributed by atoms with E-state index >= 15 is 0 Å². The van der Waals surface area contributed by atoms with Crippen molar-refractivity contribution in [2.75, 3.05) is 6.54 Å². The van der Waals surface area contributed by atoms with Crippen LogP contribution in [0.3, 0.4) is 0 Å². The Morgan fingerprint density at radius 1 is 1.42 bits per heavy atom. The van der Waals surface area contributed by atoms with E-state index in [1.54, 1.807) is 0 Å². The van der Waals surface area contributed by atoms with Gasteiger partial charge in [-0.2, -0.15) is 0 Å². The molecule has 0 unspecified atom stereocenters. The molecule has 1 aromatic heterocycles. The number of hydrogen-bond donors (Lipinski definition) is 1. The van der Waals surface area contributed by atoms with Gasteiger partial charge < -0.3 is 9.73 Å². The summed E-state index contributed by atoms with van der Waals surface area (Å²) >= 11 is 3.56. The van der Waals surface area contributed by atoms with Gasteiger partial charge >= 0.3 is 0 Å². The van der Waals surface area contributed by atoms with Gasteiger partial charge in [0.25, 0.3) is 0 Å². The second kappa shape index (κ2) is 5.47. The molecule has 0 spiro atoms. The van der Waals surface area contributed by atoms with Crippen molar-refractivity contribution in [1.82, 2.24) is 10.3 Å². The van der Waals surface area contributed by atoms with Crippen molar-refractivity contribution >= 4 is 15.9 Å². The zero-order valence-electron chi connectivity index (χ0n) is 10.9. The van der Waals surface area contributed by atoms with Gasteiger partial charge in [-0.3, -0.25) is 0 Å². The maximum absolute atomic E-state index is 5.83. The Balaban J connectivity index is 1.70. The van der Waals surface area contributed by atoms with Crippen LogP contribution in [0.1, 0.15) is 24.3 Å². The lowest BCUT2D eigenvalue weighted by molar-refractivity contribution is 0.494. The Morgan fingerprint density at radius 3 is 3.05 bits per heavy atom. The van der Waals surface area contributed by atoms with Crippen LogP contribution in [-0.2, 0) is 6.42 Å². The van der Waals surface area contributed by atoms with Crippen LogP contribution in [0.5, 0.6) is 0 Å². The van der Waals surface area contributed by atoms with Crippen LogP contribution >= 0.6 is 15.9 Å². The predicted molar refractivity (Wildman–Crippen MR) is 79.1 cm³/mol. The number of rotatable bonds is 5. The third-order valence-electron chi connectivity index (χ3n) is 3.29. The monoisotopic (exact) mass is 320 g/mol. The highest BCUT2D eigenvalue weighted by Gasteiger charge is 2.20. The Morgan fingerprint density at radius 2 is 2.26 bits per heavy atom. The Labute approximate surface area is 121 Å². The van der Waals surface area contributed by atoms with E-state index < -0.39 is 0 Å². The van der Waals surface area contributed by atoms with Crippen molar-refractivity contribution in [2.45, 2.75) is 32.2 Å². The summed E-state index contributed by atoms with van der Waals surface area (Å²) in [5, 5.41) is 3.47. The van der Waals surface area contributed by atoms with E-state index in [2.05, 4.69) is 45.3 Å². The number of aryl methyl sites for hydroxylation is 1. The van der Waals surface area contributed by atoms with Crippen molar-refractivity contribution in [3.8, 4) is 11.3 Å². The van der Waals surface area contributed by atoms with Crippen LogP contribution in [0.2, 0.25) is 0 Å². The Bertz CT molecular complexity index is 575. The molecule has 0 atom stereocenters. The van der Waals surface area contributed by atoms with Crippen LogP contribution in [0.15, 0.2) is 33.3 Å². The van der Waals surface area contributed by atoms with Gasteiger partial charge in [0.2, 0.25) is 0 Å². The maximum Gasteiger partial charge on any atom is 0.196 e. The summed E-state index contributed by atoms with van der Waals surface area (Å²) in [6.45, 7) is 3.02. The number of benzene rings is 1. The second-order valence-electron chi connectivity index (χ2n) is 5.08. The van der Waals surface area contributed by atoms with Crippen LogP contribution in [0.4, 0.5) is 0 Å². The fourth-order valence-corrected chi connectivity index (χ4v) is 2.49. The number of halogens is 1. The number of hydrogen-bond acceptors (Lipinski definition) is 3. The molecular weight excluding hydrogens is 304 g/mol. The third-order valence-corrected chi connectivity index (χ3v) is 3.98. The van der Waals surface area contributed by atoms with Crippen LogP contribution in [0, 0.1) is 6.92 Å². The maximum atomic E-state index is 5.83. The molecule has 0 aliphatic heterocycles. The van der Waals surface area contributed by atoms with E-state index in [1.807, 2.05) is 12.3 Å². The average molecular weight is 321 g/mol. The molecule has 3 rings (SSSR count). The van der Waals surface area contributed by atoms with E-state index in [0.717, 1.165) is 40.7 Å². The lowest BCUT2D eigenvalue weighted by Crippen LogP contribution is -2.19. The second-order valence-corrected chi connectivity index (χ2v) is 5.93. The lowest BCUT2D eigenvalue weighted by atomic mass is 10.1. The minimum absolute atomic E-state index is 0.736. The molecule has 1 heterocycles. The molecule has 3 nitrogen and oxygen atoms in total. The number of nitrogens with zero attached hydrogens (tertiary/aromatic N) is 1. The molecule has 1 N–H and O–H groups in total. The zero-order valence-corrected chi connectivity index (χ0v) is 12.5. The largest absolute Gasteiger partial charge is 0.441 e. The van der Waals surface area contributed by atoms with Crippen LogP contribution in [0.25, 0.3) is 11.3 Å². The van der Waals surface area contributed by atoms with E-state index in [1.165, 1.54) is 18.4 Å². The van der Waals surface area contributed by atoms with E-state index in [9.17, 15) is 0 Å². The van der Waals surface area contributed by atoms with Crippen LogP contribution in [-0.4, -0.2) is 17.6 Å². The summed E-state index contributed by atoms with van der Waals surface area (Å²) in [6, 6.07) is 6.96. The van der Waals surface area contributed by atoms with Crippen molar-refractivity contribution in [3.05, 3.63) is 40.3 Å². The quantitative estimate of drug-likeness (QED) is 0.912. The topological polar surface area (TPSA) is 38.1 Å². The van der Waals surface area contributed by atoms with E-state index in [0.29, 0.717) is 0 Å². The Hall–Kier alpha value is -1.13. The molecule has 1 saturated carbocycles. The first-order chi connectivity index (χ1) is 9.22. The third kappa shape index (κ3) is 3.25. The van der Waals surface area contributed by atoms with Crippen molar-refractivity contribution in [1.29, 1.82) is 0 Å². The Kier molecular flexibility index (Phi) is 3.71. The molecule has 4 heteroatoms. The first kappa shape index (κ1) is 12.9. The average Bonchev–Trinajstić information content (AvgIpc) is 3.10. The highest BCUT2D eigenvalue weighted by atomic mass is 79.9. The van der Waals surface area contributed by atoms with Crippen molar-refractivity contribution < 1.29 is 4.42 Å². The van der Waals surface area contributed by atoms with Gasteiger partial charge in [0.1, 0.15) is 0 Å². The van der Waals surface area contributed by atoms with Crippen molar-refractivity contribution in [3.63, 3.8) is 0 Å². The molecule has 0 saturated heterocycles. The first-order valence-corrected chi connectivity index (χ1v) is 7.46. The van der Waals surface area contributed by atoms with Gasteiger partial charge in [-0.15, -0.1) is 0 Å². The summed E-state index contributed by atoms with van der Waals surface area (Å²) in [6.07, 6.45) is 5.28.